The molecule has 4 bridgehead atoms. The zero-order chi connectivity index (χ0) is 54.3. The van der Waals surface area contributed by atoms with E-state index >= 15 is 0 Å². The maximum absolute atomic E-state index is 14.8. The summed E-state index contributed by atoms with van der Waals surface area (Å²) in [6, 6.07) is 7.43. The first-order valence-electron chi connectivity index (χ1n) is 24.7. The number of hydrogen-bond donors (Lipinski definition) is 8. The first-order chi connectivity index (χ1) is 34.4. The summed E-state index contributed by atoms with van der Waals surface area (Å²) >= 11 is 3.53. The van der Waals surface area contributed by atoms with Crippen molar-refractivity contribution < 1.29 is 62.8 Å². The Labute approximate surface area is 436 Å². The normalized spacial score (nSPS) is 28.9. The van der Waals surface area contributed by atoms with E-state index < -0.39 is 138 Å². The molecule has 3 heterocycles. The number of halogens is 1. The van der Waals surface area contributed by atoms with Crippen molar-refractivity contribution in [2.75, 3.05) is 32.1 Å². The number of aliphatic hydroxyl groups is 2. The van der Waals surface area contributed by atoms with Gasteiger partial charge in [0.1, 0.15) is 49.2 Å². The number of rotatable bonds is 10. The average molecular weight is 1090 g/mol. The summed E-state index contributed by atoms with van der Waals surface area (Å²) < 4.78 is 17.6. The van der Waals surface area contributed by atoms with Crippen LogP contribution in [0, 0.1) is 23.2 Å². The van der Waals surface area contributed by atoms with Gasteiger partial charge in [-0.1, -0.05) is 112 Å². The second kappa shape index (κ2) is 27.4. The van der Waals surface area contributed by atoms with E-state index in [9.17, 15) is 48.6 Å². The Balaban J connectivity index is 1.99. The van der Waals surface area contributed by atoms with Crippen molar-refractivity contribution in [1.82, 2.24) is 36.8 Å². The Morgan fingerprint density at radius 2 is 1.45 bits per heavy atom. The van der Waals surface area contributed by atoms with Gasteiger partial charge in [0.25, 0.3) is 0 Å². The third-order valence-electron chi connectivity index (χ3n) is 13.6. The van der Waals surface area contributed by atoms with Crippen LogP contribution in [0.15, 0.2) is 66.7 Å². The summed E-state index contributed by atoms with van der Waals surface area (Å²) in [6.45, 7) is 13.0. The SMILES string of the molecule is CCC(C)[C@H]1NC(=O)[C@@H](NC(=O)[C@H](C)[C@H](O)C(C)C)[C@@H](C)OC(=O)[C@@H]2COC(=O)CNC(=O)/C=C/[C@](C)(CBr)[C@@H](C)Oc3ccc(cc3)[C@@H](CN(C)[C@@H](Cc3ccccc3)C(=O)N[C@H]([C@@H](C)O)C(=O)N2)NC1=O. The third kappa shape index (κ3) is 16.8. The van der Waals surface area contributed by atoms with E-state index in [1.54, 1.807) is 75.2 Å². The van der Waals surface area contributed by atoms with Crippen molar-refractivity contribution in [2.45, 2.75) is 136 Å². The highest BCUT2D eigenvalue weighted by atomic mass is 79.9. The van der Waals surface area contributed by atoms with Crippen molar-refractivity contribution in [3.63, 3.8) is 0 Å². The predicted octanol–water partition coefficient (Wildman–Crippen LogP) is 1.75. The average Bonchev–Trinajstić information content (AvgIpc) is 3.36. The number of amides is 6. The van der Waals surface area contributed by atoms with Crippen LogP contribution in [0.5, 0.6) is 5.75 Å². The summed E-state index contributed by atoms with van der Waals surface area (Å²) in [5.74, 6) is -8.67. The van der Waals surface area contributed by atoms with E-state index in [-0.39, 0.29) is 18.9 Å². The van der Waals surface area contributed by atoms with E-state index in [1.165, 1.54) is 26.8 Å². The first-order valence-corrected chi connectivity index (χ1v) is 25.8. The molecule has 3 aliphatic heterocycles. The number of nitrogens with one attached hydrogen (secondary N) is 6. The number of fused-ring (bicyclic) bond motifs is 11. The van der Waals surface area contributed by atoms with Crippen molar-refractivity contribution in [1.29, 1.82) is 0 Å². The van der Waals surface area contributed by atoms with E-state index in [0.29, 0.717) is 23.1 Å². The molecule has 0 radical (unpaired) electrons. The number of aliphatic hydroxyl groups excluding tert-OH is 2. The molecule has 2 aromatic rings. The van der Waals surface area contributed by atoms with Gasteiger partial charge in [0.2, 0.25) is 35.4 Å². The number of alkyl halides is 1. The van der Waals surface area contributed by atoms with Gasteiger partial charge in [-0.25, -0.2) is 4.79 Å². The van der Waals surface area contributed by atoms with Gasteiger partial charge in [-0.15, -0.1) is 0 Å². The summed E-state index contributed by atoms with van der Waals surface area (Å²) in [5, 5.41) is 38.2. The molecule has 73 heavy (non-hydrogen) atoms. The number of esters is 2. The Bertz CT molecular complexity index is 2270. The lowest BCUT2D eigenvalue weighted by molar-refractivity contribution is -0.160. The minimum absolute atomic E-state index is 0.0317. The molecule has 1 fully saturated rings. The Morgan fingerprint density at radius 1 is 0.836 bits per heavy atom. The van der Waals surface area contributed by atoms with Crippen LogP contribution >= 0.6 is 15.9 Å². The van der Waals surface area contributed by atoms with Gasteiger partial charge < -0.3 is 56.3 Å². The van der Waals surface area contributed by atoms with Crippen LogP contribution in [-0.4, -0.2) is 149 Å². The molecule has 8 N–H and O–H groups in total. The number of nitrogens with zero attached hydrogens (tertiary/aromatic N) is 1. The third-order valence-corrected chi connectivity index (χ3v) is 14.8. The van der Waals surface area contributed by atoms with Gasteiger partial charge in [0.15, 0.2) is 6.04 Å². The Morgan fingerprint density at radius 3 is 2.05 bits per heavy atom. The van der Waals surface area contributed by atoms with Crippen LogP contribution in [0.1, 0.15) is 85.9 Å². The molecule has 3 aliphatic rings. The molecule has 2 aromatic carbocycles. The minimum Gasteiger partial charge on any atom is -0.490 e. The monoisotopic (exact) mass is 1080 g/mol. The maximum atomic E-state index is 14.8. The van der Waals surface area contributed by atoms with E-state index in [1.807, 2.05) is 39.0 Å². The molecule has 0 aliphatic carbocycles. The number of cyclic esters (lactones) is 1. The summed E-state index contributed by atoms with van der Waals surface area (Å²) in [5.41, 5.74) is 0.538. The largest absolute Gasteiger partial charge is 0.490 e. The smallest absolute Gasteiger partial charge is 0.332 e. The maximum Gasteiger partial charge on any atom is 0.332 e. The number of benzene rings is 2. The number of carbonyl (C=O) groups is 8. The van der Waals surface area contributed by atoms with Gasteiger partial charge in [0.05, 0.1) is 30.2 Å². The lowest BCUT2D eigenvalue weighted by Gasteiger charge is -2.34. The van der Waals surface area contributed by atoms with Crippen LogP contribution in [0.3, 0.4) is 0 Å². The van der Waals surface area contributed by atoms with Crippen molar-refractivity contribution in [2.24, 2.45) is 23.2 Å². The minimum atomic E-state index is -1.88. The Kier molecular flexibility index (Phi) is 22.4. The lowest BCUT2D eigenvalue weighted by Crippen LogP contribution is -2.61. The molecule has 1 saturated heterocycles. The molecular weight excluding hydrogens is 1010 g/mol. The molecule has 5 rings (SSSR count). The van der Waals surface area contributed by atoms with Crippen LogP contribution in [0.4, 0.5) is 0 Å². The second-order valence-electron chi connectivity index (χ2n) is 19.7. The quantitative estimate of drug-likeness (QED) is 0.124. The standard InChI is InChI=1S/C52H74BrN7O13/c1-11-29(4)42-48(67)55-37-25-60(10)39(23-34-15-13-12-14-16-34)47(66)58-43(31(6)61)49(68)56-38(51(70)72-32(7)44(50(69)57-42)59-46(65)30(5)45(64)28(2)3)26-71-41(63)24-54-40(62)21-22-52(9,27-53)33(8)73-36-19-17-35(37)18-20-36/h12-22,28-33,37-39,42-45,61,64H,11,23-27H2,1-10H3,(H,54,62)(H,55,67)(H,56,68)(H,57,69)(H,58,66)(H,59,65)/b22-21+/t29?,30-,31-,32-,33-,37-,38+,39+,42-,43-,44+,45-,52-/m1/s1. The number of ether oxygens (including phenoxy) is 3. The molecule has 13 atom stereocenters. The van der Waals surface area contributed by atoms with Crippen molar-refractivity contribution in [3.8, 4) is 5.75 Å². The van der Waals surface area contributed by atoms with Crippen LogP contribution in [-0.2, 0) is 54.3 Å². The van der Waals surface area contributed by atoms with E-state index in [2.05, 4.69) is 47.8 Å². The molecule has 20 nitrogen and oxygen atoms in total. The van der Waals surface area contributed by atoms with Gasteiger partial charge in [-0.3, -0.25) is 38.5 Å². The topological polar surface area (TPSA) is 280 Å². The summed E-state index contributed by atoms with van der Waals surface area (Å²) in [7, 11) is 1.66. The number of carbonyl (C=O) groups excluding carboxylic acids is 8. The molecule has 0 spiro atoms. The molecule has 1 unspecified atom stereocenters. The summed E-state index contributed by atoms with van der Waals surface area (Å²) in [4.78, 5) is 114. The van der Waals surface area contributed by atoms with Gasteiger partial charge >= 0.3 is 11.9 Å². The Hall–Kier alpha value is -5.90. The van der Waals surface area contributed by atoms with Gasteiger partial charge in [-0.05, 0) is 75.4 Å². The molecule has 21 heteroatoms. The number of likely N-dealkylation sites (N-methyl/N-ethyl adjacent to an activating group) is 1. The number of hydrogen-bond acceptors (Lipinski definition) is 14. The molecular formula is C52H74BrN7O13. The fourth-order valence-electron chi connectivity index (χ4n) is 8.09. The fraction of sp³-hybridized carbons (Fsp3) is 0.577. The van der Waals surface area contributed by atoms with E-state index in [0.717, 1.165) is 5.56 Å². The molecule has 6 amide bonds. The highest BCUT2D eigenvalue weighted by Crippen LogP contribution is 2.31. The fourth-order valence-corrected chi connectivity index (χ4v) is 8.73. The highest BCUT2D eigenvalue weighted by Gasteiger charge is 2.40. The summed E-state index contributed by atoms with van der Waals surface area (Å²) in [6.07, 6.45) is -1.46. The van der Waals surface area contributed by atoms with Crippen molar-refractivity contribution in [3.05, 3.63) is 77.9 Å². The van der Waals surface area contributed by atoms with Crippen LogP contribution < -0.4 is 36.6 Å². The predicted molar refractivity (Wildman–Crippen MR) is 273 cm³/mol. The molecule has 0 aromatic heterocycles. The first kappa shape index (κ1) is 59.7. The zero-order valence-corrected chi connectivity index (χ0v) is 44.9. The van der Waals surface area contributed by atoms with Crippen LogP contribution in [0.2, 0.25) is 0 Å². The van der Waals surface area contributed by atoms with Gasteiger partial charge in [0, 0.05) is 17.3 Å². The molecule has 0 saturated carbocycles. The van der Waals surface area contributed by atoms with Gasteiger partial charge in [-0.2, -0.15) is 0 Å². The second-order valence-corrected chi connectivity index (χ2v) is 20.3. The zero-order valence-electron chi connectivity index (χ0n) is 43.3. The highest BCUT2D eigenvalue weighted by molar-refractivity contribution is 9.09. The lowest BCUT2D eigenvalue weighted by atomic mass is 9.86. The molecule has 402 valence electrons. The van der Waals surface area contributed by atoms with Crippen LogP contribution in [0.25, 0.3) is 0 Å². The van der Waals surface area contributed by atoms with Crippen molar-refractivity contribution >= 4 is 63.3 Å². The van der Waals surface area contributed by atoms with E-state index in [4.69, 9.17) is 14.2 Å².